The fraction of sp³-hybridized carbons (Fsp3) is 1.00. The van der Waals surface area contributed by atoms with Gasteiger partial charge >= 0.3 is 0 Å². The van der Waals surface area contributed by atoms with Crippen LogP contribution in [0.3, 0.4) is 0 Å². The van der Waals surface area contributed by atoms with Crippen molar-refractivity contribution in [1.29, 1.82) is 0 Å². The van der Waals surface area contributed by atoms with Crippen molar-refractivity contribution in [2.75, 3.05) is 18.8 Å². The van der Waals surface area contributed by atoms with Crippen LogP contribution in [0.25, 0.3) is 0 Å². The molecular weight excluding hydrogens is 174 g/mol. The van der Waals surface area contributed by atoms with Crippen molar-refractivity contribution in [3.8, 4) is 0 Å². The summed E-state index contributed by atoms with van der Waals surface area (Å²) in [6.07, 6.45) is 0.703. The average Bonchev–Trinajstić information content (AvgIpc) is 2.03. The van der Waals surface area contributed by atoms with Crippen LogP contribution in [-0.2, 0) is 9.84 Å². The van der Waals surface area contributed by atoms with Gasteiger partial charge in [-0.3, -0.25) is 0 Å². The van der Waals surface area contributed by atoms with Gasteiger partial charge in [0, 0.05) is 6.54 Å². The number of rotatable bonds is 6. The van der Waals surface area contributed by atoms with Crippen LogP contribution in [0.15, 0.2) is 0 Å². The molecule has 1 atom stereocenters. The van der Waals surface area contributed by atoms with E-state index in [0.29, 0.717) is 13.0 Å². The number of hydrogen-bond acceptors (Lipinski definition) is 3. The number of hydrogen-bond donors (Lipinski definition) is 1. The molecule has 1 unspecified atom stereocenters. The zero-order valence-corrected chi connectivity index (χ0v) is 8.95. The van der Waals surface area contributed by atoms with Gasteiger partial charge in [-0.2, -0.15) is 0 Å². The lowest BCUT2D eigenvalue weighted by molar-refractivity contribution is 0.577. The highest BCUT2D eigenvalue weighted by molar-refractivity contribution is 7.92. The Hall–Kier alpha value is -0.0900. The molecule has 3 nitrogen and oxygen atoms in total. The first-order valence-corrected chi connectivity index (χ1v) is 6.18. The summed E-state index contributed by atoms with van der Waals surface area (Å²) < 4.78 is 22.8. The van der Waals surface area contributed by atoms with Gasteiger partial charge in [0.2, 0.25) is 0 Å². The van der Waals surface area contributed by atoms with Gasteiger partial charge in [-0.1, -0.05) is 13.8 Å². The summed E-state index contributed by atoms with van der Waals surface area (Å²) >= 11 is 0. The molecule has 0 aromatic rings. The standard InChI is InChI=1S/C8H19NO2S/c1-4-8(3)12(10,11)7-6-9-5-2/h8-9H,4-7H2,1-3H3. The van der Waals surface area contributed by atoms with Crippen molar-refractivity contribution in [3.05, 3.63) is 0 Å². The van der Waals surface area contributed by atoms with Gasteiger partial charge in [0.25, 0.3) is 0 Å². The largest absolute Gasteiger partial charge is 0.316 e. The van der Waals surface area contributed by atoms with Gasteiger partial charge in [0.15, 0.2) is 9.84 Å². The second-order valence-corrected chi connectivity index (χ2v) is 5.48. The van der Waals surface area contributed by atoms with E-state index in [1.54, 1.807) is 6.92 Å². The van der Waals surface area contributed by atoms with Crippen LogP contribution in [-0.4, -0.2) is 32.5 Å². The van der Waals surface area contributed by atoms with E-state index in [0.717, 1.165) is 6.54 Å². The van der Waals surface area contributed by atoms with Gasteiger partial charge in [-0.25, -0.2) is 8.42 Å². The van der Waals surface area contributed by atoms with Crippen LogP contribution >= 0.6 is 0 Å². The molecule has 0 aromatic carbocycles. The first-order chi connectivity index (χ1) is 5.54. The zero-order chi connectivity index (χ0) is 9.61. The van der Waals surface area contributed by atoms with E-state index in [1.165, 1.54) is 0 Å². The minimum absolute atomic E-state index is 0.198. The van der Waals surface area contributed by atoms with Gasteiger partial charge in [0.1, 0.15) is 0 Å². The second-order valence-electron chi connectivity index (χ2n) is 2.94. The summed E-state index contributed by atoms with van der Waals surface area (Å²) in [6, 6.07) is 0. The highest BCUT2D eigenvalue weighted by Gasteiger charge is 2.17. The third kappa shape index (κ3) is 4.07. The molecule has 0 saturated carbocycles. The highest BCUT2D eigenvalue weighted by Crippen LogP contribution is 2.04. The molecule has 4 heteroatoms. The molecule has 12 heavy (non-hydrogen) atoms. The lowest BCUT2D eigenvalue weighted by atomic mass is 10.4. The Balaban J connectivity index is 3.88. The molecule has 0 saturated heterocycles. The molecule has 0 aliphatic carbocycles. The molecule has 0 heterocycles. The maximum atomic E-state index is 11.4. The van der Waals surface area contributed by atoms with Crippen molar-refractivity contribution in [2.45, 2.75) is 32.4 Å². The van der Waals surface area contributed by atoms with Crippen molar-refractivity contribution < 1.29 is 8.42 Å². The maximum Gasteiger partial charge on any atom is 0.154 e. The van der Waals surface area contributed by atoms with E-state index in [9.17, 15) is 8.42 Å². The van der Waals surface area contributed by atoms with Gasteiger partial charge in [-0.15, -0.1) is 0 Å². The lowest BCUT2D eigenvalue weighted by Gasteiger charge is -2.09. The second kappa shape index (κ2) is 5.54. The van der Waals surface area contributed by atoms with E-state index in [1.807, 2.05) is 13.8 Å². The van der Waals surface area contributed by atoms with Crippen LogP contribution in [0.2, 0.25) is 0 Å². The van der Waals surface area contributed by atoms with E-state index >= 15 is 0 Å². The smallest absolute Gasteiger partial charge is 0.154 e. The summed E-state index contributed by atoms with van der Waals surface area (Å²) in [7, 11) is -2.85. The predicted octanol–water partition coefficient (Wildman–Crippen LogP) is 0.809. The van der Waals surface area contributed by atoms with Crippen LogP contribution in [0.4, 0.5) is 0 Å². The molecule has 0 aromatic heterocycles. The topological polar surface area (TPSA) is 46.2 Å². The first kappa shape index (κ1) is 11.9. The van der Waals surface area contributed by atoms with Crippen molar-refractivity contribution in [1.82, 2.24) is 5.32 Å². The molecular formula is C8H19NO2S. The number of sulfone groups is 1. The normalized spacial score (nSPS) is 14.6. The average molecular weight is 193 g/mol. The van der Waals surface area contributed by atoms with E-state index < -0.39 is 9.84 Å². The SMILES string of the molecule is CCNCCS(=O)(=O)C(C)CC. The molecule has 0 fully saturated rings. The summed E-state index contributed by atoms with van der Waals surface area (Å²) in [6.45, 7) is 7.03. The molecule has 0 spiro atoms. The predicted molar refractivity (Wildman–Crippen MR) is 52.1 cm³/mol. The monoisotopic (exact) mass is 193 g/mol. The Bertz CT molecular complexity index is 199. The molecule has 0 bridgehead atoms. The fourth-order valence-corrected chi connectivity index (χ4v) is 2.19. The van der Waals surface area contributed by atoms with Crippen LogP contribution in [0.5, 0.6) is 0 Å². The van der Waals surface area contributed by atoms with Crippen LogP contribution in [0, 0.1) is 0 Å². The van der Waals surface area contributed by atoms with Crippen molar-refractivity contribution >= 4 is 9.84 Å². The van der Waals surface area contributed by atoms with Gasteiger partial charge in [0.05, 0.1) is 11.0 Å². The molecule has 74 valence electrons. The summed E-state index contributed by atoms with van der Waals surface area (Å²) in [5.41, 5.74) is 0. The minimum Gasteiger partial charge on any atom is -0.316 e. The van der Waals surface area contributed by atoms with E-state index in [4.69, 9.17) is 0 Å². The van der Waals surface area contributed by atoms with Crippen LogP contribution < -0.4 is 5.32 Å². The quantitative estimate of drug-likeness (QED) is 0.635. The van der Waals surface area contributed by atoms with Crippen molar-refractivity contribution in [3.63, 3.8) is 0 Å². The highest BCUT2D eigenvalue weighted by atomic mass is 32.2. The number of nitrogens with one attached hydrogen (secondary N) is 1. The van der Waals surface area contributed by atoms with Crippen molar-refractivity contribution in [2.24, 2.45) is 0 Å². The lowest BCUT2D eigenvalue weighted by Crippen LogP contribution is -2.28. The van der Waals surface area contributed by atoms with E-state index in [-0.39, 0.29) is 11.0 Å². The fourth-order valence-electron chi connectivity index (χ4n) is 0.846. The molecule has 1 N–H and O–H groups in total. The van der Waals surface area contributed by atoms with Gasteiger partial charge in [-0.05, 0) is 19.9 Å². The summed E-state index contributed by atoms with van der Waals surface area (Å²) in [4.78, 5) is 0. The Morgan fingerprint density at radius 1 is 1.33 bits per heavy atom. The Labute approximate surface area is 75.5 Å². The summed E-state index contributed by atoms with van der Waals surface area (Å²) in [5.74, 6) is 0.260. The Morgan fingerprint density at radius 2 is 1.92 bits per heavy atom. The Kier molecular flexibility index (Phi) is 5.50. The zero-order valence-electron chi connectivity index (χ0n) is 8.13. The molecule has 0 aliphatic heterocycles. The van der Waals surface area contributed by atoms with Gasteiger partial charge < -0.3 is 5.32 Å². The third-order valence-corrected chi connectivity index (χ3v) is 4.33. The first-order valence-electron chi connectivity index (χ1n) is 4.46. The third-order valence-electron chi connectivity index (χ3n) is 2.00. The minimum atomic E-state index is -2.85. The summed E-state index contributed by atoms with van der Waals surface area (Å²) in [5, 5.41) is 2.81. The molecule has 0 rings (SSSR count). The van der Waals surface area contributed by atoms with Crippen LogP contribution in [0.1, 0.15) is 27.2 Å². The van der Waals surface area contributed by atoms with E-state index in [2.05, 4.69) is 5.32 Å². The molecule has 0 amide bonds. The molecule has 0 aliphatic rings. The maximum absolute atomic E-state index is 11.4. The Morgan fingerprint density at radius 3 is 2.33 bits per heavy atom. The molecule has 0 radical (unpaired) electrons.